The fourth-order valence-corrected chi connectivity index (χ4v) is 1.25. The van der Waals surface area contributed by atoms with E-state index in [1.54, 1.807) is 12.1 Å². The third-order valence-electron chi connectivity index (χ3n) is 1.58. The van der Waals surface area contributed by atoms with Crippen LogP contribution in [0.5, 0.6) is 0 Å². The zero-order chi connectivity index (χ0) is 9.68. The Balaban J connectivity index is 2.66. The first-order chi connectivity index (χ1) is 6.24. The van der Waals surface area contributed by atoms with E-state index < -0.39 is 0 Å². The highest BCUT2D eigenvalue weighted by atomic mass is 79.9. The van der Waals surface area contributed by atoms with Crippen molar-refractivity contribution in [1.82, 2.24) is 0 Å². The molecule has 0 aliphatic carbocycles. The van der Waals surface area contributed by atoms with Crippen LogP contribution in [-0.2, 0) is 0 Å². The van der Waals surface area contributed by atoms with Gasteiger partial charge in [-0.1, -0.05) is 28.1 Å². The highest BCUT2D eigenvalue weighted by molar-refractivity contribution is 9.10. The van der Waals surface area contributed by atoms with Crippen molar-refractivity contribution in [1.29, 1.82) is 0 Å². The van der Waals surface area contributed by atoms with Crippen LogP contribution in [0.15, 0.2) is 34.8 Å². The number of hydrogen-bond acceptors (Lipinski definition) is 1. The first kappa shape index (κ1) is 10.3. The highest BCUT2D eigenvalue weighted by Crippen LogP contribution is 2.18. The van der Waals surface area contributed by atoms with Crippen molar-refractivity contribution in [3.63, 3.8) is 0 Å². The number of allylic oxidation sites excluding steroid dienone is 1. The summed E-state index contributed by atoms with van der Waals surface area (Å²) in [5.41, 5.74) is 0.529. The molecule has 0 radical (unpaired) electrons. The number of nitrogens with one attached hydrogen (secondary N) is 1. The molecule has 0 aliphatic rings. The second-order valence-electron chi connectivity index (χ2n) is 2.57. The second kappa shape index (κ2) is 5.02. The molecule has 0 heterocycles. The van der Waals surface area contributed by atoms with Crippen LogP contribution < -0.4 is 5.32 Å². The summed E-state index contributed by atoms with van der Waals surface area (Å²) < 4.78 is 13.9. The molecule has 0 unspecified atom stereocenters. The summed E-state index contributed by atoms with van der Waals surface area (Å²) in [5, 5.41) is 2.96. The molecular formula is C10H11BrFN. The molecule has 0 amide bonds. The van der Waals surface area contributed by atoms with Crippen LogP contribution in [0.25, 0.3) is 0 Å². The Bertz CT molecular complexity index is 310. The Morgan fingerprint density at radius 2 is 2.31 bits per heavy atom. The molecule has 1 aromatic carbocycles. The van der Waals surface area contributed by atoms with Gasteiger partial charge in [0, 0.05) is 11.0 Å². The summed E-state index contributed by atoms with van der Waals surface area (Å²) in [5.74, 6) is -0.237. The van der Waals surface area contributed by atoms with Crippen molar-refractivity contribution in [3.8, 4) is 0 Å². The van der Waals surface area contributed by atoms with E-state index in [0.717, 1.165) is 4.47 Å². The molecule has 1 nitrogen and oxygen atoms in total. The van der Waals surface area contributed by atoms with Crippen molar-refractivity contribution in [2.75, 3.05) is 11.9 Å². The molecule has 1 rings (SSSR count). The van der Waals surface area contributed by atoms with Crippen LogP contribution in [-0.4, -0.2) is 6.54 Å². The Kier molecular flexibility index (Phi) is 3.96. The average Bonchev–Trinajstić information content (AvgIpc) is 2.09. The van der Waals surface area contributed by atoms with Crippen molar-refractivity contribution in [2.45, 2.75) is 6.92 Å². The lowest BCUT2D eigenvalue weighted by atomic mass is 10.3. The van der Waals surface area contributed by atoms with Crippen LogP contribution in [0.1, 0.15) is 6.92 Å². The monoisotopic (exact) mass is 243 g/mol. The molecule has 0 fully saturated rings. The normalized spacial score (nSPS) is 10.7. The number of benzene rings is 1. The lowest BCUT2D eigenvalue weighted by molar-refractivity contribution is 0.630. The predicted octanol–water partition coefficient (Wildman–Crippen LogP) is 3.58. The topological polar surface area (TPSA) is 12.0 Å². The Hall–Kier alpha value is -0.830. The van der Waals surface area contributed by atoms with Gasteiger partial charge in [-0.2, -0.15) is 0 Å². The minimum atomic E-state index is -0.237. The van der Waals surface area contributed by atoms with Crippen molar-refractivity contribution < 1.29 is 4.39 Å². The summed E-state index contributed by atoms with van der Waals surface area (Å²) in [6, 6.07) is 4.96. The quantitative estimate of drug-likeness (QED) is 0.801. The third kappa shape index (κ3) is 3.19. The molecule has 0 saturated carbocycles. The van der Waals surface area contributed by atoms with Crippen LogP contribution in [0, 0.1) is 5.82 Å². The largest absolute Gasteiger partial charge is 0.379 e. The van der Waals surface area contributed by atoms with Crippen LogP contribution in [0.2, 0.25) is 0 Å². The molecule has 0 aromatic heterocycles. The fraction of sp³-hybridized carbons (Fsp3) is 0.200. The van der Waals surface area contributed by atoms with Gasteiger partial charge in [0.15, 0.2) is 0 Å². The van der Waals surface area contributed by atoms with Crippen LogP contribution in [0.3, 0.4) is 0 Å². The minimum Gasteiger partial charge on any atom is -0.379 e. The van der Waals surface area contributed by atoms with E-state index >= 15 is 0 Å². The molecule has 0 aliphatic heterocycles. The maximum Gasteiger partial charge on any atom is 0.147 e. The van der Waals surface area contributed by atoms with Crippen molar-refractivity contribution in [2.24, 2.45) is 0 Å². The number of rotatable bonds is 3. The standard InChI is InChI=1S/C10H11BrFN/c1-2-3-6-13-10-5-4-8(11)7-9(10)12/h2-5,7,13H,6H2,1H3/b3-2+. The maximum atomic E-state index is 13.2. The predicted molar refractivity (Wildman–Crippen MR) is 57.4 cm³/mol. The fourth-order valence-electron chi connectivity index (χ4n) is 0.920. The Morgan fingerprint density at radius 3 is 2.92 bits per heavy atom. The molecule has 1 aromatic rings. The number of hydrogen-bond donors (Lipinski definition) is 1. The summed E-state index contributed by atoms with van der Waals surface area (Å²) in [6.07, 6.45) is 3.85. The molecule has 0 atom stereocenters. The molecule has 0 bridgehead atoms. The lowest BCUT2D eigenvalue weighted by Crippen LogP contribution is -2.00. The van der Waals surface area contributed by atoms with Crippen LogP contribution in [0.4, 0.5) is 10.1 Å². The van der Waals surface area contributed by atoms with Gasteiger partial charge in [-0.05, 0) is 25.1 Å². The maximum absolute atomic E-state index is 13.2. The van der Waals surface area contributed by atoms with Gasteiger partial charge < -0.3 is 5.32 Å². The zero-order valence-corrected chi connectivity index (χ0v) is 8.94. The van der Waals surface area contributed by atoms with E-state index in [1.165, 1.54) is 6.07 Å². The van der Waals surface area contributed by atoms with E-state index in [9.17, 15) is 4.39 Å². The Labute approximate surface area is 85.8 Å². The highest BCUT2D eigenvalue weighted by Gasteiger charge is 1.99. The van der Waals surface area contributed by atoms with Gasteiger partial charge >= 0.3 is 0 Å². The minimum absolute atomic E-state index is 0.237. The molecule has 70 valence electrons. The average molecular weight is 244 g/mol. The first-order valence-corrected chi connectivity index (χ1v) is 4.83. The van der Waals surface area contributed by atoms with Gasteiger partial charge in [-0.3, -0.25) is 0 Å². The van der Waals surface area contributed by atoms with E-state index in [2.05, 4.69) is 21.2 Å². The molecule has 0 spiro atoms. The summed E-state index contributed by atoms with van der Waals surface area (Å²) in [4.78, 5) is 0. The van der Waals surface area contributed by atoms with Gasteiger partial charge in [0.25, 0.3) is 0 Å². The van der Waals surface area contributed by atoms with Gasteiger partial charge in [0.2, 0.25) is 0 Å². The molecule has 13 heavy (non-hydrogen) atoms. The van der Waals surface area contributed by atoms with Gasteiger partial charge in [0.05, 0.1) is 5.69 Å². The third-order valence-corrected chi connectivity index (χ3v) is 2.07. The van der Waals surface area contributed by atoms with Crippen molar-refractivity contribution in [3.05, 3.63) is 40.6 Å². The van der Waals surface area contributed by atoms with Crippen molar-refractivity contribution >= 4 is 21.6 Å². The van der Waals surface area contributed by atoms with Gasteiger partial charge in [0.1, 0.15) is 5.82 Å². The summed E-state index contributed by atoms with van der Waals surface area (Å²) >= 11 is 3.20. The SMILES string of the molecule is C/C=C/CNc1ccc(Br)cc1F. The second-order valence-corrected chi connectivity index (χ2v) is 3.49. The Morgan fingerprint density at radius 1 is 1.54 bits per heavy atom. The van der Waals surface area contributed by atoms with Crippen LogP contribution >= 0.6 is 15.9 Å². The van der Waals surface area contributed by atoms with E-state index in [1.807, 2.05) is 19.1 Å². The van der Waals surface area contributed by atoms with E-state index in [0.29, 0.717) is 12.2 Å². The number of halogens is 2. The molecule has 1 N–H and O–H groups in total. The molecule has 3 heteroatoms. The van der Waals surface area contributed by atoms with E-state index in [-0.39, 0.29) is 5.82 Å². The zero-order valence-electron chi connectivity index (χ0n) is 7.35. The number of anilines is 1. The van der Waals surface area contributed by atoms with Gasteiger partial charge in [-0.15, -0.1) is 0 Å². The smallest absolute Gasteiger partial charge is 0.147 e. The molecular weight excluding hydrogens is 233 g/mol. The first-order valence-electron chi connectivity index (χ1n) is 4.04. The van der Waals surface area contributed by atoms with E-state index in [4.69, 9.17) is 0 Å². The summed E-state index contributed by atoms with van der Waals surface area (Å²) in [6.45, 7) is 2.58. The molecule has 0 saturated heterocycles. The van der Waals surface area contributed by atoms with Gasteiger partial charge in [-0.25, -0.2) is 4.39 Å². The lowest BCUT2D eigenvalue weighted by Gasteiger charge is -2.04. The summed E-state index contributed by atoms with van der Waals surface area (Å²) in [7, 11) is 0.